The second kappa shape index (κ2) is 5.18. The second-order valence-corrected chi connectivity index (χ2v) is 3.95. The van der Waals surface area contributed by atoms with E-state index in [9.17, 15) is 9.18 Å². The summed E-state index contributed by atoms with van der Waals surface area (Å²) in [5.74, 6) is -0.422. The summed E-state index contributed by atoms with van der Waals surface area (Å²) >= 11 is 5.71. The van der Waals surface area contributed by atoms with Crippen molar-refractivity contribution in [3.63, 3.8) is 0 Å². The largest absolute Gasteiger partial charge is 0.489 e. The predicted molar refractivity (Wildman–Crippen MR) is 65.6 cm³/mol. The highest BCUT2D eigenvalue weighted by Gasteiger charge is 2.11. The number of halogens is 2. The van der Waals surface area contributed by atoms with Gasteiger partial charge in [0, 0.05) is 5.56 Å². The molecule has 2 rings (SSSR count). The molecule has 0 radical (unpaired) electrons. The van der Waals surface area contributed by atoms with E-state index in [0.29, 0.717) is 5.56 Å². The van der Waals surface area contributed by atoms with Gasteiger partial charge in [0.15, 0.2) is 5.15 Å². The highest BCUT2D eigenvalue weighted by molar-refractivity contribution is 6.30. The number of hydrogen-bond acceptors (Lipinski definition) is 3. The van der Waals surface area contributed by atoms with Gasteiger partial charge in [-0.3, -0.25) is 9.36 Å². The van der Waals surface area contributed by atoms with Crippen LogP contribution in [0.3, 0.4) is 0 Å². The van der Waals surface area contributed by atoms with Crippen LogP contribution in [-0.2, 0) is 6.54 Å². The Hall–Kier alpha value is -1.88. The van der Waals surface area contributed by atoms with Crippen LogP contribution in [-0.4, -0.2) is 16.7 Å². The maximum Gasteiger partial charge on any atom is 0.297 e. The van der Waals surface area contributed by atoms with Crippen LogP contribution in [0.1, 0.15) is 5.56 Å². The van der Waals surface area contributed by atoms with Gasteiger partial charge in [-0.1, -0.05) is 29.8 Å². The molecule has 0 aliphatic carbocycles. The van der Waals surface area contributed by atoms with Gasteiger partial charge in [-0.05, 0) is 6.07 Å². The van der Waals surface area contributed by atoms with Gasteiger partial charge in [-0.15, -0.1) is 0 Å². The lowest BCUT2D eigenvalue weighted by Gasteiger charge is -2.08. The average Bonchev–Trinajstić information content (AvgIpc) is 2.36. The van der Waals surface area contributed by atoms with E-state index in [1.807, 2.05) is 0 Å². The molecule has 0 atom stereocenters. The average molecular weight is 269 g/mol. The molecule has 0 unspecified atom stereocenters. The Morgan fingerprint density at radius 1 is 1.44 bits per heavy atom. The summed E-state index contributed by atoms with van der Waals surface area (Å²) in [6, 6.07) is 6.22. The summed E-state index contributed by atoms with van der Waals surface area (Å²) in [5.41, 5.74) is -0.0495. The Morgan fingerprint density at radius 3 is 2.83 bits per heavy atom. The third kappa shape index (κ3) is 2.36. The first-order valence-corrected chi connectivity index (χ1v) is 5.53. The first-order valence-electron chi connectivity index (χ1n) is 5.16. The summed E-state index contributed by atoms with van der Waals surface area (Å²) < 4.78 is 19.6. The van der Waals surface area contributed by atoms with E-state index in [2.05, 4.69) is 4.98 Å². The van der Waals surface area contributed by atoms with Gasteiger partial charge in [-0.2, -0.15) is 0 Å². The summed E-state index contributed by atoms with van der Waals surface area (Å²) in [7, 11) is 1.33. The topological polar surface area (TPSA) is 44.1 Å². The number of rotatable bonds is 3. The summed E-state index contributed by atoms with van der Waals surface area (Å²) in [5, 5.41) is -0.00714. The molecule has 2 aromatic rings. The predicted octanol–water partition coefficient (Wildman–Crippen LogP) is 2.09. The monoisotopic (exact) mass is 268 g/mol. The van der Waals surface area contributed by atoms with Crippen molar-refractivity contribution >= 4 is 11.6 Å². The Labute approximate surface area is 108 Å². The van der Waals surface area contributed by atoms with Gasteiger partial charge in [0.1, 0.15) is 5.82 Å². The molecule has 0 amide bonds. The van der Waals surface area contributed by atoms with Crippen LogP contribution in [0.5, 0.6) is 5.75 Å². The quantitative estimate of drug-likeness (QED) is 0.801. The van der Waals surface area contributed by atoms with E-state index in [0.717, 1.165) is 0 Å². The van der Waals surface area contributed by atoms with E-state index in [-0.39, 0.29) is 23.3 Å². The fraction of sp³-hybridized carbons (Fsp3) is 0.167. The summed E-state index contributed by atoms with van der Waals surface area (Å²) in [6.45, 7) is 0.0754. The van der Waals surface area contributed by atoms with E-state index < -0.39 is 5.56 Å². The molecule has 1 aromatic heterocycles. The van der Waals surface area contributed by atoms with Crippen LogP contribution >= 0.6 is 11.6 Å². The van der Waals surface area contributed by atoms with Gasteiger partial charge in [-0.25, -0.2) is 9.37 Å². The molecule has 4 nitrogen and oxygen atoms in total. The van der Waals surface area contributed by atoms with Crippen LogP contribution in [0.4, 0.5) is 4.39 Å². The Balaban J connectivity index is 2.42. The van der Waals surface area contributed by atoms with Crippen molar-refractivity contribution in [3.05, 3.63) is 57.5 Å². The summed E-state index contributed by atoms with van der Waals surface area (Å²) in [6.07, 6.45) is 1.26. The highest BCUT2D eigenvalue weighted by Crippen LogP contribution is 2.15. The van der Waals surface area contributed by atoms with Crippen molar-refractivity contribution < 1.29 is 9.13 Å². The molecule has 0 saturated carbocycles. The van der Waals surface area contributed by atoms with Gasteiger partial charge in [0.25, 0.3) is 5.56 Å². The molecule has 18 heavy (non-hydrogen) atoms. The molecule has 0 aliphatic rings. The first-order chi connectivity index (χ1) is 8.63. The molecule has 0 fully saturated rings. The lowest BCUT2D eigenvalue weighted by Crippen LogP contribution is -2.23. The molecule has 0 saturated heterocycles. The van der Waals surface area contributed by atoms with Crippen molar-refractivity contribution in [3.8, 4) is 5.75 Å². The van der Waals surface area contributed by atoms with Gasteiger partial charge >= 0.3 is 0 Å². The number of methoxy groups -OCH3 is 1. The van der Waals surface area contributed by atoms with Crippen molar-refractivity contribution in [1.82, 2.24) is 9.55 Å². The summed E-state index contributed by atoms with van der Waals surface area (Å²) in [4.78, 5) is 15.7. The maximum absolute atomic E-state index is 13.5. The van der Waals surface area contributed by atoms with E-state index >= 15 is 0 Å². The third-order valence-electron chi connectivity index (χ3n) is 2.46. The Kier molecular flexibility index (Phi) is 3.62. The SMILES string of the molecule is COc1c(Cl)ncn(Cc2ccccc2F)c1=O. The molecule has 6 heteroatoms. The molecule has 0 spiro atoms. The molecule has 1 heterocycles. The van der Waals surface area contributed by atoms with Crippen molar-refractivity contribution in [1.29, 1.82) is 0 Å². The Morgan fingerprint density at radius 2 is 2.17 bits per heavy atom. The fourth-order valence-electron chi connectivity index (χ4n) is 1.54. The van der Waals surface area contributed by atoms with Crippen LogP contribution in [0, 0.1) is 5.82 Å². The van der Waals surface area contributed by atoms with E-state index in [1.165, 1.54) is 24.1 Å². The molecular formula is C12H10ClFN2O2. The number of aromatic nitrogens is 2. The van der Waals surface area contributed by atoms with Gasteiger partial charge < -0.3 is 4.74 Å². The standard InChI is InChI=1S/C12H10ClFN2O2/c1-18-10-11(13)15-7-16(12(10)17)6-8-4-2-3-5-9(8)14/h2-5,7H,6H2,1H3. The van der Waals surface area contributed by atoms with Crippen molar-refractivity contribution in [2.45, 2.75) is 6.54 Å². The highest BCUT2D eigenvalue weighted by atomic mass is 35.5. The molecule has 94 valence electrons. The lowest BCUT2D eigenvalue weighted by atomic mass is 10.2. The number of nitrogens with zero attached hydrogens (tertiary/aromatic N) is 2. The van der Waals surface area contributed by atoms with Crippen LogP contribution < -0.4 is 10.3 Å². The minimum absolute atomic E-state index is 0.00714. The van der Waals surface area contributed by atoms with Crippen LogP contribution in [0.15, 0.2) is 35.4 Å². The van der Waals surface area contributed by atoms with Gasteiger partial charge in [0.2, 0.25) is 5.75 Å². The van der Waals surface area contributed by atoms with E-state index in [4.69, 9.17) is 16.3 Å². The minimum atomic E-state index is -0.444. The number of hydrogen-bond donors (Lipinski definition) is 0. The minimum Gasteiger partial charge on any atom is -0.489 e. The van der Waals surface area contributed by atoms with Gasteiger partial charge in [0.05, 0.1) is 20.0 Å². The zero-order valence-corrected chi connectivity index (χ0v) is 10.3. The molecule has 0 N–H and O–H groups in total. The third-order valence-corrected chi connectivity index (χ3v) is 2.72. The Bertz CT molecular complexity index is 628. The maximum atomic E-state index is 13.5. The fourth-order valence-corrected chi connectivity index (χ4v) is 1.75. The molecular weight excluding hydrogens is 259 g/mol. The number of benzene rings is 1. The zero-order valence-electron chi connectivity index (χ0n) is 9.56. The van der Waals surface area contributed by atoms with E-state index in [1.54, 1.807) is 18.2 Å². The second-order valence-electron chi connectivity index (χ2n) is 3.59. The molecule has 1 aromatic carbocycles. The van der Waals surface area contributed by atoms with Crippen LogP contribution in [0.2, 0.25) is 5.15 Å². The molecule has 0 aliphatic heterocycles. The lowest BCUT2D eigenvalue weighted by molar-refractivity contribution is 0.400. The zero-order chi connectivity index (χ0) is 13.1. The normalized spacial score (nSPS) is 10.4. The van der Waals surface area contributed by atoms with Crippen LogP contribution in [0.25, 0.3) is 0 Å². The smallest absolute Gasteiger partial charge is 0.297 e. The molecule has 0 bridgehead atoms. The first kappa shape index (κ1) is 12.6. The van der Waals surface area contributed by atoms with Crippen molar-refractivity contribution in [2.24, 2.45) is 0 Å². The number of ether oxygens (including phenoxy) is 1. The van der Waals surface area contributed by atoms with Crippen molar-refractivity contribution in [2.75, 3.05) is 7.11 Å².